The zero-order valence-corrected chi connectivity index (χ0v) is 9.42. The van der Waals surface area contributed by atoms with Crippen molar-refractivity contribution in [2.45, 2.75) is 12.5 Å². The second-order valence-corrected chi connectivity index (χ2v) is 4.22. The SMILES string of the molecule is CN[C@@H](CCS/C(Cl)=C/Cl)C(=O)O. The van der Waals surface area contributed by atoms with E-state index in [1.54, 1.807) is 7.05 Å². The van der Waals surface area contributed by atoms with Gasteiger partial charge in [-0.25, -0.2) is 0 Å². The first-order valence-corrected chi connectivity index (χ1v) is 5.40. The Morgan fingerprint density at radius 3 is 2.77 bits per heavy atom. The third-order valence-electron chi connectivity index (χ3n) is 1.38. The van der Waals surface area contributed by atoms with E-state index in [2.05, 4.69) is 5.32 Å². The molecule has 0 aromatic rings. The van der Waals surface area contributed by atoms with Gasteiger partial charge in [-0.3, -0.25) is 4.79 Å². The van der Waals surface area contributed by atoms with Crippen LogP contribution in [0.4, 0.5) is 0 Å². The Morgan fingerprint density at radius 1 is 1.77 bits per heavy atom. The highest BCUT2D eigenvalue weighted by molar-refractivity contribution is 8.04. The zero-order chi connectivity index (χ0) is 10.3. The number of hydrogen-bond acceptors (Lipinski definition) is 3. The molecule has 0 saturated carbocycles. The van der Waals surface area contributed by atoms with Gasteiger partial charge >= 0.3 is 5.97 Å². The first kappa shape index (κ1) is 13.1. The van der Waals surface area contributed by atoms with Gasteiger partial charge in [-0.2, -0.15) is 0 Å². The Morgan fingerprint density at radius 2 is 2.38 bits per heavy atom. The van der Waals surface area contributed by atoms with Gasteiger partial charge in [0.1, 0.15) is 6.04 Å². The lowest BCUT2D eigenvalue weighted by molar-refractivity contribution is -0.139. The van der Waals surface area contributed by atoms with Gasteiger partial charge < -0.3 is 10.4 Å². The average molecular weight is 244 g/mol. The van der Waals surface area contributed by atoms with Crippen LogP contribution < -0.4 is 5.32 Å². The number of thioether (sulfide) groups is 1. The number of carbonyl (C=O) groups is 1. The normalized spacial score (nSPS) is 14.2. The highest BCUT2D eigenvalue weighted by Crippen LogP contribution is 2.21. The molecule has 1 atom stereocenters. The van der Waals surface area contributed by atoms with E-state index in [-0.39, 0.29) is 0 Å². The lowest BCUT2D eigenvalue weighted by atomic mass is 10.2. The lowest BCUT2D eigenvalue weighted by Gasteiger charge is -2.09. The van der Waals surface area contributed by atoms with Crippen molar-refractivity contribution in [3.8, 4) is 0 Å². The number of aliphatic carboxylic acids is 1. The third-order valence-corrected chi connectivity index (χ3v) is 3.11. The number of halogens is 2. The maximum absolute atomic E-state index is 10.5. The smallest absolute Gasteiger partial charge is 0.320 e. The van der Waals surface area contributed by atoms with Gasteiger partial charge in [0.15, 0.2) is 0 Å². The molecule has 0 saturated heterocycles. The van der Waals surface area contributed by atoms with E-state index in [9.17, 15) is 4.79 Å². The first-order chi connectivity index (χ1) is 6.11. The van der Waals surface area contributed by atoms with E-state index in [4.69, 9.17) is 28.3 Å². The molecule has 0 aliphatic carbocycles. The van der Waals surface area contributed by atoms with E-state index >= 15 is 0 Å². The molecule has 0 aliphatic rings. The fourth-order valence-corrected chi connectivity index (χ4v) is 1.73. The van der Waals surface area contributed by atoms with Crippen LogP contribution in [0.3, 0.4) is 0 Å². The molecule has 0 fully saturated rings. The van der Waals surface area contributed by atoms with Crippen LogP contribution in [0.2, 0.25) is 0 Å². The highest BCUT2D eigenvalue weighted by Gasteiger charge is 2.13. The van der Waals surface area contributed by atoms with Gasteiger partial charge in [0.05, 0.1) is 4.36 Å². The van der Waals surface area contributed by atoms with Crippen molar-refractivity contribution in [1.29, 1.82) is 0 Å². The number of nitrogens with one attached hydrogen (secondary N) is 1. The Balaban J connectivity index is 3.67. The molecular formula is C7H11Cl2NO2S. The van der Waals surface area contributed by atoms with Crippen molar-refractivity contribution in [3.63, 3.8) is 0 Å². The molecule has 0 spiro atoms. The third kappa shape index (κ3) is 6.21. The molecule has 0 radical (unpaired) electrons. The van der Waals surface area contributed by atoms with Crippen molar-refractivity contribution in [3.05, 3.63) is 9.90 Å². The molecule has 3 nitrogen and oxygen atoms in total. The molecule has 0 rings (SSSR count). The van der Waals surface area contributed by atoms with E-state index in [0.717, 1.165) is 0 Å². The fourth-order valence-electron chi connectivity index (χ4n) is 0.697. The van der Waals surface area contributed by atoms with Crippen LogP contribution in [-0.2, 0) is 4.79 Å². The largest absolute Gasteiger partial charge is 0.480 e. The molecular weight excluding hydrogens is 233 g/mol. The Kier molecular flexibility index (Phi) is 7.56. The quantitative estimate of drug-likeness (QED) is 0.750. The minimum absolute atomic E-state index is 0.474. The van der Waals surface area contributed by atoms with Crippen molar-refractivity contribution >= 4 is 40.9 Å². The predicted octanol–water partition coefficient (Wildman–Crippen LogP) is 2.06. The zero-order valence-electron chi connectivity index (χ0n) is 7.09. The van der Waals surface area contributed by atoms with Crippen molar-refractivity contribution in [2.75, 3.05) is 12.8 Å². The summed E-state index contributed by atoms with van der Waals surface area (Å²) < 4.78 is 0.474. The summed E-state index contributed by atoms with van der Waals surface area (Å²) in [7, 11) is 1.61. The van der Waals surface area contributed by atoms with Crippen LogP contribution in [0.5, 0.6) is 0 Å². The highest BCUT2D eigenvalue weighted by atomic mass is 35.5. The number of likely N-dealkylation sites (N-methyl/N-ethyl adjacent to an activating group) is 1. The summed E-state index contributed by atoms with van der Waals surface area (Å²) in [5, 5.41) is 11.3. The van der Waals surface area contributed by atoms with Gasteiger partial charge in [-0.1, -0.05) is 23.2 Å². The maximum atomic E-state index is 10.5. The Bertz CT molecular complexity index is 199. The maximum Gasteiger partial charge on any atom is 0.320 e. The van der Waals surface area contributed by atoms with Gasteiger partial charge in [-0.05, 0) is 13.5 Å². The molecule has 76 valence electrons. The molecule has 0 aromatic carbocycles. The van der Waals surface area contributed by atoms with E-state index in [0.29, 0.717) is 16.5 Å². The summed E-state index contributed by atoms with van der Waals surface area (Å²) in [6, 6.07) is -0.521. The number of hydrogen-bond donors (Lipinski definition) is 2. The minimum atomic E-state index is -0.853. The predicted molar refractivity (Wildman–Crippen MR) is 57.3 cm³/mol. The molecule has 0 aromatic heterocycles. The summed E-state index contributed by atoms with van der Waals surface area (Å²) in [5.41, 5.74) is 1.27. The first-order valence-electron chi connectivity index (χ1n) is 3.60. The number of carboxylic acids is 1. The van der Waals surface area contributed by atoms with Gasteiger partial charge in [0.2, 0.25) is 0 Å². The molecule has 6 heteroatoms. The molecule has 2 N–H and O–H groups in total. The standard InChI is InChI=1S/C7H11Cl2NO2S/c1-10-5(7(11)12)2-3-13-6(9)4-8/h4-5,10H,2-3H2,1H3,(H,11,12)/b6-4+/t5-/m0/s1. The summed E-state index contributed by atoms with van der Waals surface area (Å²) in [5.74, 6) is -0.228. The molecule has 0 unspecified atom stereocenters. The van der Waals surface area contributed by atoms with E-state index < -0.39 is 12.0 Å². The second kappa shape index (κ2) is 7.50. The van der Waals surface area contributed by atoms with Crippen LogP contribution >= 0.6 is 35.0 Å². The summed E-state index contributed by atoms with van der Waals surface area (Å²) >= 11 is 12.2. The molecule has 0 amide bonds. The van der Waals surface area contributed by atoms with Crippen LogP contribution in [0.1, 0.15) is 6.42 Å². The van der Waals surface area contributed by atoms with Gasteiger partial charge in [-0.15, -0.1) is 11.8 Å². The van der Waals surface area contributed by atoms with Gasteiger partial charge in [0, 0.05) is 11.3 Å². The summed E-state index contributed by atoms with van der Waals surface area (Å²) in [4.78, 5) is 10.5. The average Bonchev–Trinajstić information content (AvgIpc) is 2.11. The molecule has 0 aliphatic heterocycles. The van der Waals surface area contributed by atoms with E-state index in [1.807, 2.05) is 0 Å². The molecule has 0 bridgehead atoms. The minimum Gasteiger partial charge on any atom is -0.480 e. The summed E-state index contributed by atoms with van der Waals surface area (Å²) in [6.07, 6.45) is 0.511. The lowest BCUT2D eigenvalue weighted by Crippen LogP contribution is -2.34. The second-order valence-electron chi connectivity index (χ2n) is 2.23. The monoisotopic (exact) mass is 243 g/mol. The van der Waals surface area contributed by atoms with Crippen LogP contribution in [-0.4, -0.2) is 29.9 Å². The Labute approximate surface area is 91.5 Å². The van der Waals surface area contributed by atoms with Crippen LogP contribution in [0.15, 0.2) is 9.90 Å². The van der Waals surface area contributed by atoms with E-state index in [1.165, 1.54) is 17.3 Å². The molecule has 0 heterocycles. The fraction of sp³-hybridized carbons (Fsp3) is 0.571. The van der Waals surface area contributed by atoms with Crippen LogP contribution in [0.25, 0.3) is 0 Å². The van der Waals surface area contributed by atoms with Gasteiger partial charge in [0.25, 0.3) is 0 Å². The number of carboxylic acid groups (broad SMARTS) is 1. The van der Waals surface area contributed by atoms with Crippen LogP contribution in [0, 0.1) is 0 Å². The summed E-state index contributed by atoms with van der Waals surface area (Å²) in [6.45, 7) is 0. The topological polar surface area (TPSA) is 49.3 Å². The Hall–Kier alpha value is 0.1000. The van der Waals surface area contributed by atoms with Crippen molar-refractivity contribution in [2.24, 2.45) is 0 Å². The number of rotatable bonds is 6. The molecule has 13 heavy (non-hydrogen) atoms. The van der Waals surface area contributed by atoms with Crippen molar-refractivity contribution < 1.29 is 9.90 Å². The van der Waals surface area contributed by atoms with Crippen molar-refractivity contribution in [1.82, 2.24) is 5.32 Å².